The summed E-state index contributed by atoms with van der Waals surface area (Å²) >= 11 is 0. The Morgan fingerprint density at radius 3 is 0.875 bits per heavy atom. The van der Waals surface area contributed by atoms with E-state index < -0.39 is 6.10 Å². The van der Waals surface area contributed by atoms with Crippen molar-refractivity contribution in [3.8, 4) is 0 Å². The Labute approximate surface area is 348 Å². The van der Waals surface area contributed by atoms with Gasteiger partial charge in [-0.25, -0.2) is 0 Å². The minimum absolute atomic E-state index is 0.0635. The van der Waals surface area contributed by atoms with Crippen LogP contribution in [-0.4, -0.2) is 37.2 Å². The second-order valence-electron chi connectivity index (χ2n) is 17.6. The van der Waals surface area contributed by atoms with Crippen molar-refractivity contribution < 1.29 is 28.6 Å². The summed E-state index contributed by atoms with van der Waals surface area (Å²) in [5.74, 6) is -0.0317. The number of unbranched alkanes of at least 4 members (excludes halogenated alkanes) is 32. The SMILES string of the molecule is CCCCCCCCCCCCCCCCCCC(=O)O[C@H](COC(=O)CCCCCCCCCCC)COC(=O)CCCCCCCCCCCCC(C)C. The Kier molecular flexibility index (Phi) is 43.2. The minimum atomic E-state index is -0.759. The van der Waals surface area contributed by atoms with Crippen molar-refractivity contribution in [1.82, 2.24) is 0 Å². The van der Waals surface area contributed by atoms with Crippen LogP contribution in [-0.2, 0) is 28.6 Å². The molecule has 0 saturated heterocycles. The summed E-state index contributed by atoms with van der Waals surface area (Å²) < 4.78 is 16.8. The van der Waals surface area contributed by atoms with Crippen LogP contribution in [0.5, 0.6) is 0 Å². The Balaban J connectivity index is 4.28. The Bertz CT molecular complexity index is 841. The lowest BCUT2D eigenvalue weighted by Gasteiger charge is -2.18. The van der Waals surface area contributed by atoms with E-state index in [0.29, 0.717) is 19.3 Å². The second-order valence-corrected chi connectivity index (χ2v) is 17.6. The molecular weight excluding hydrogens is 697 g/mol. The zero-order valence-corrected chi connectivity index (χ0v) is 38.1. The lowest BCUT2D eigenvalue weighted by molar-refractivity contribution is -0.167. The van der Waals surface area contributed by atoms with Crippen LogP contribution in [0.15, 0.2) is 0 Å². The Morgan fingerprint density at radius 2 is 0.589 bits per heavy atom. The molecule has 0 saturated carbocycles. The van der Waals surface area contributed by atoms with E-state index >= 15 is 0 Å². The van der Waals surface area contributed by atoms with E-state index in [1.165, 1.54) is 173 Å². The molecule has 56 heavy (non-hydrogen) atoms. The second kappa shape index (κ2) is 44.5. The van der Waals surface area contributed by atoms with Gasteiger partial charge >= 0.3 is 17.9 Å². The van der Waals surface area contributed by atoms with Gasteiger partial charge in [-0.15, -0.1) is 0 Å². The monoisotopic (exact) mass is 793 g/mol. The first kappa shape index (κ1) is 54.4. The Hall–Kier alpha value is -1.59. The molecule has 0 N–H and O–H groups in total. The average molecular weight is 793 g/mol. The van der Waals surface area contributed by atoms with Gasteiger partial charge in [-0.1, -0.05) is 240 Å². The summed E-state index contributed by atoms with van der Waals surface area (Å²) in [5.41, 5.74) is 0. The van der Waals surface area contributed by atoms with Crippen molar-refractivity contribution in [2.24, 2.45) is 5.92 Å². The summed E-state index contributed by atoms with van der Waals surface area (Å²) in [6.45, 7) is 8.99. The van der Waals surface area contributed by atoms with Crippen molar-refractivity contribution in [3.05, 3.63) is 0 Å². The molecular formula is C50H96O6. The molecule has 0 heterocycles. The van der Waals surface area contributed by atoms with Crippen LogP contribution in [0.1, 0.15) is 278 Å². The first-order chi connectivity index (χ1) is 27.4. The molecule has 0 unspecified atom stereocenters. The van der Waals surface area contributed by atoms with Crippen molar-refractivity contribution in [2.45, 2.75) is 284 Å². The van der Waals surface area contributed by atoms with Gasteiger partial charge in [0.25, 0.3) is 0 Å². The number of esters is 3. The minimum Gasteiger partial charge on any atom is -0.462 e. The smallest absolute Gasteiger partial charge is 0.306 e. The van der Waals surface area contributed by atoms with E-state index in [-0.39, 0.29) is 31.1 Å². The van der Waals surface area contributed by atoms with Gasteiger partial charge in [0.05, 0.1) is 0 Å². The fraction of sp³-hybridized carbons (Fsp3) is 0.940. The fourth-order valence-corrected chi connectivity index (χ4v) is 7.51. The molecule has 0 fully saturated rings. The van der Waals surface area contributed by atoms with Crippen molar-refractivity contribution >= 4 is 17.9 Å². The quantitative estimate of drug-likeness (QED) is 0.0347. The van der Waals surface area contributed by atoms with Gasteiger partial charge in [0.2, 0.25) is 0 Å². The molecule has 0 radical (unpaired) electrons. The van der Waals surface area contributed by atoms with Crippen LogP contribution < -0.4 is 0 Å². The number of carbonyl (C=O) groups excluding carboxylic acids is 3. The summed E-state index contributed by atoms with van der Waals surface area (Å²) in [6, 6.07) is 0. The molecule has 0 aliphatic carbocycles. The van der Waals surface area contributed by atoms with Crippen LogP contribution in [0.3, 0.4) is 0 Å². The predicted octanol–water partition coefficient (Wildman–Crippen LogP) is 15.9. The van der Waals surface area contributed by atoms with E-state index in [9.17, 15) is 14.4 Å². The van der Waals surface area contributed by atoms with Crippen molar-refractivity contribution in [3.63, 3.8) is 0 Å². The molecule has 6 nitrogen and oxygen atoms in total. The highest BCUT2D eigenvalue weighted by atomic mass is 16.6. The highest BCUT2D eigenvalue weighted by Crippen LogP contribution is 2.17. The maximum absolute atomic E-state index is 12.8. The lowest BCUT2D eigenvalue weighted by atomic mass is 10.0. The third-order valence-electron chi connectivity index (χ3n) is 11.3. The first-order valence-electron chi connectivity index (χ1n) is 24.9. The topological polar surface area (TPSA) is 78.9 Å². The van der Waals surface area contributed by atoms with E-state index in [0.717, 1.165) is 63.7 Å². The van der Waals surface area contributed by atoms with Crippen LogP contribution in [0, 0.1) is 5.92 Å². The van der Waals surface area contributed by atoms with E-state index in [4.69, 9.17) is 14.2 Å². The molecule has 0 aliphatic rings. The number of rotatable bonds is 45. The van der Waals surface area contributed by atoms with Crippen LogP contribution >= 0.6 is 0 Å². The molecule has 1 atom stereocenters. The third kappa shape index (κ3) is 43.5. The number of carbonyl (C=O) groups is 3. The maximum atomic E-state index is 12.8. The molecule has 0 aliphatic heterocycles. The fourth-order valence-electron chi connectivity index (χ4n) is 7.51. The standard InChI is InChI=1S/C50H96O6/c1-5-7-9-11-13-15-16-17-18-19-20-21-27-31-35-39-43-50(53)56-47(44-54-48(51)41-37-33-29-24-14-12-10-8-6-2)45-55-49(52)42-38-34-30-26-23-22-25-28-32-36-40-46(3)4/h46-47H,5-45H2,1-4H3/t47-/m1/s1. The predicted molar refractivity (Wildman–Crippen MR) is 238 cm³/mol. The highest BCUT2D eigenvalue weighted by Gasteiger charge is 2.19. The molecule has 0 aromatic carbocycles. The van der Waals surface area contributed by atoms with Crippen molar-refractivity contribution in [2.75, 3.05) is 13.2 Å². The third-order valence-corrected chi connectivity index (χ3v) is 11.3. The summed E-state index contributed by atoms with van der Waals surface area (Å²) in [4.78, 5) is 37.8. The molecule has 0 amide bonds. The van der Waals surface area contributed by atoms with E-state index in [1.807, 2.05) is 0 Å². The zero-order valence-electron chi connectivity index (χ0n) is 38.1. The van der Waals surface area contributed by atoms with Gasteiger partial charge < -0.3 is 14.2 Å². The van der Waals surface area contributed by atoms with Gasteiger partial charge in [-0.2, -0.15) is 0 Å². The highest BCUT2D eigenvalue weighted by molar-refractivity contribution is 5.71. The number of hydrogen-bond donors (Lipinski definition) is 0. The maximum Gasteiger partial charge on any atom is 0.306 e. The normalized spacial score (nSPS) is 11.9. The van der Waals surface area contributed by atoms with Gasteiger partial charge in [0, 0.05) is 19.3 Å². The molecule has 6 heteroatoms. The van der Waals surface area contributed by atoms with Crippen LogP contribution in [0.25, 0.3) is 0 Å². The van der Waals surface area contributed by atoms with Gasteiger partial charge in [-0.05, 0) is 25.2 Å². The first-order valence-corrected chi connectivity index (χ1v) is 24.9. The van der Waals surface area contributed by atoms with Gasteiger partial charge in [0.1, 0.15) is 13.2 Å². The Morgan fingerprint density at radius 1 is 0.339 bits per heavy atom. The van der Waals surface area contributed by atoms with Crippen LogP contribution in [0.4, 0.5) is 0 Å². The average Bonchev–Trinajstić information content (AvgIpc) is 3.18. The summed E-state index contributed by atoms with van der Waals surface area (Å²) in [5, 5.41) is 0. The molecule has 0 bridgehead atoms. The zero-order chi connectivity index (χ0) is 41.0. The number of hydrogen-bond acceptors (Lipinski definition) is 6. The molecule has 0 aromatic heterocycles. The van der Waals surface area contributed by atoms with E-state index in [1.54, 1.807) is 0 Å². The van der Waals surface area contributed by atoms with Crippen molar-refractivity contribution in [1.29, 1.82) is 0 Å². The number of ether oxygens (including phenoxy) is 3. The largest absolute Gasteiger partial charge is 0.462 e. The van der Waals surface area contributed by atoms with Gasteiger partial charge in [-0.3, -0.25) is 14.4 Å². The van der Waals surface area contributed by atoms with Gasteiger partial charge in [0.15, 0.2) is 6.10 Å². The lowest BCUT2D eigenvalue weighted by Crippen LogP contribution is -2.30. The summed E-state index contributed by atoms with van der Waals surface area (Å²) in [6.07, 6.45) is 45.2. The van der Waals surface area contributed by atoms with E-state index in [2.05, 4.69) is 27.7 Å². The molecule has 0 spiro atoms. The molecule has 332 valence electrons. The van der Waals surface area contributed by atoms with Crippen LogP contribution in [0.2, 0.25) is 0 Å². The summed E-state index contributed by atoms with van der Waals surface area (Å²) in [7, 11) is 0. The molecule has 0 rings (SSSR count). The molecule has 0 aromatic rings.